The molecule has 0 aromatic heterocycles. The smallest absolute Gasteiger partial charge is 0.243 e. The van der Waals surface area contributed by atoms with Gasteiger partial charge in [-0.05, 0) is 48.6 Å². The molecule has 1 unspecified atom stereocenters. The van der Waals surface area contributed by atoms with Crippen molar-refractivity contribution in [2.24, 2.45) is 5.92 Å². The molecule has 3 rings (SSSR count). The fourth-order valence-electron chi connectivity index (χ4n) is 4.25. The average Bonchev–Trinajstić information content (AvgIpc) is 2.85. The second kappa shape index (κ2) is 14.3. The minimum Gasteiger partial charge on any atom is -0.354 e. The molecule has 0 bridgehead atoms. The Morgan fingerprint density at radius 3 is 2.16 bits per heavy atom. The Kier molecular flexibility index (Phi) is 11.1. The maximum Gasteiger partial charge on any atom is 0.243 e. The summed E-state index contributed by atoms with van der Waals surface area (Å²) in [6.45, 7) is 9.20. The number of benzene rings is 3. The summed E-state index contributed by atoms with van der Waals surface area (Å²) in [4.78, 5) is 28.9. The first-order valence-corrected chi connectivity index (χ1v) is 14.2. The topological polar surface area (TPSA) is 49.4 Å². The lowest BCUT2D eigenvalue weighted by atomic mass is 10.0. The number of hydrogen-bond acceptors (Lipinski definition) is 3. The van der Waals surface area contributed by atoms with Crippen LogP contribution >= 0.6 is 23.4 Å². The predicted molar refractivity (Wildman–Crippen MR) is 156 cm³/mol. The van der Waals surface area contributed by atoms with E-state index in [1.54, 1.807) is 16.7 Å². The van der Waals surface area contributed by atoms with E-state index in [4.69, 9.17) is 11.6 Å². The van der Waals surface area contributed by atoms with Crippen LogP contribution in [-0.4, -0.2) is 35.1 Å². The summed E-state index contributed by atoms with van der Waals surface area (Å²) in [7, 11) is 0. The van der Waals surface area contributed by atoms with E-state index in [-0.39, 0.29) is 11.8 Å². The molecular weight excluding hydrogens is 500 g/mol. The molecule has 3 aromatic carbocycles. The zero-order valence-corrected chi connectivity index (χ0v) is 23.7. The Hall–Kier alpha value is -2.76. The fourth-order valence-corrected chi connectivity index (χ4v) is 5.23. The molecule has 0 saturated heterocycles. The zero-order chi connectivity index (χ0) is 26.8. The number of thioether (sulfide) groups is 1. The monoisotopic (exact) mass is 536 g/mol. The van der Waals surface area contributed by atoms with Crippen LogP contribution in [0.2, 0.25) is 5.02 Å². The summed E-state index contributed by atoms with van der Waals surface area (Å²) in [5, 5.41) is 3.71. The van der Waals surface area contributed by atoms with Crippen LogP contribution in [0.15, 0.2) is 72.8 Å². The van der Waals surface area contributed by atoms with E-state index in [2.05, 4.69) is 51.2 Å². The molecule has 1 N–H and O–H groups in total. The summed E-state index contributed by atoms with van der Waals surface area (Å²) in [5.74, 6) is 1.18. The Bertz CT molecular complexity index is 1150. The van der Waals surface area contributed by atoms with Gasteiger partial charge in [-0.15, -0.1) is 11.8 Å². The van der Waals surface area contributed by atoms with Crippen LogP contribution in [0.1, 0.15) is 41.7 Å². The third-order valence-electron chi connectivity index (χ3n) is 6.00. The molecule has 0 heterocycles. The van der Waals surface area contributed by atoms with Gasteiger partial charge in [0, 0.05) is 30.3 Å². The van der Waals surface area contributed by atoms with Gasteiger partial charge in [-0.2, -0.15) is 0 Å². The lowest BCUT2D eigenvalue weighted by Crippen LogP contribution is -2.51. The molecule has 3 aromatic rings. The molecule has 0 aliphatic carbocycles. The highest BCUT2D eigenvalue weighted by Gasteiger charge is 2.30. The molecule has 0 fully saturated rings. The third kappa shape index (κ3) is 9.56. The van der Waals surface area contributed by atoms with E-state index in [1.807, 2.05) is 54.6 Å². The molecule has 0 aliphatic rings. The Morgan fingerprint density at radius 2 is 1.54 bits per heavy atom. The van der Waals surface area contributed by atoms with Crippen molar-refractivity contribution >= 4 is 35.2 Å². The number of halogens is 1. The lowest BCUT2D eigenvalue weighted by Gasteiger charge is -2.32. The number of hydrogen-bond donors (Lipinski definition) is 1. The van der Waals surface area contributed by atoms with Crippen LogP contribution in [0, 0.1) is 19.8 Å². The van der Waals surface area contributed by atoms with Gasteiger partial charge in [0.2, 0.25) is 11.8 Å². The molecule has 37 heavy (non-hydrogen) atoms. The maximum absolute atomic E-state index is 13.7. The molecule has 0 radical (unpaired) electrons. The van der Waals surface area contributed by atoms with Crippen molar-refractivity contribution in [2.45, 2.75) is 52.5 Å². The van der Waals surface area contributed by atoms with Crippen LogP contribution in [0.5, 0.6) is 0 Å². The molecule has 0 aliphatic heterocycles. The first-order valence-electron chi connectivity index (χ1n) is 12.7. The van der Waals surface area contributed by atoms with E-state index in [9.17, 15) is 9.59 Å². The first-order chi connectivity index (χ1) is 17.7. The molecular formula is C31H37ClN2O2S. The summed E-state index contributed by atoms with van der Waals surface area (Å²) in [5.41, 5.74) is 5.60. The lowest BCUT2D eigenvalue weighted by molar-refractivity contribution is -0.139. The Balaban J connectivity index is 1.84. The van der Waals surface area contributed by atoms with Gasteiger partial charge in [-0.1, -0.05) is 97.2 Å². The number of carbonyl (C=O) groups excluding carboxylic acids is 2. The van der Waals surface area contributed by atoms with Crippen molar-refractivity contribution in [2.75, 3.05) is 12.3 Å². The van der Waals surface area contributed by atoms with E-state index in [1.165, 1.54) is 16.7 Å². The zero-order valence-electron chi connectivity index (χ0n) is 22.2. The Labute approximate surface area is 230 Å². The van der Waals surface area contributed by atoms with Gasteiger partial charge in [0.1, 0.15) is 6.04 Å². The van der Waals surface area contributed by atoms with Crippen LogP contribution in [0.25, 0.3) is 0 Å². The first kappa shape index (κ1) is 28.8. The fraction of sp³-hybridized carbons (Fsp3) is 0.355. The van der Waals surface area contributed by atoms with Crippen molar-refractivity contribution in [1.29, 1.82) is 0 Å². The highest BCUT2D eigenvalue weighted by Crippen LogP contribution is 2.20. The van der Waals surface area contributed by atoms with Crippen molar-refractivity contribution in [3.63, 3.8) is 0 Å². The van der Waals surface area contributed by atoms with Crippen LogP contribution in [0.3, 0.4) is 0 Å². The van der Waals surface area contributed by atoms with Crippen LogP contribution in [0.4, 0.5) is 0 Å². The van der Waals surface area contributed by atoms with Crippen molar-refractivity contribution in [3.05, 3.63) is 106 Å². The molecule has 2 amide bonds. The van der Waals surface area contributed by atoms with Gasteiger partial charge in [-0.3, -0.25) is 9.59 Å². The maximum atomic E-state index is 13.7. The number of carbonyl (C=O) groups is 2. The largest absolute Gasteiger partial charge is 0.354 e. The normalized spacial score (nSPS) is 11.8. The van der Waals surface area contributed by atoms with Gasteiger partial charge in [0.05, 0.1) is 5.75 Å². The highest BCUT2D eigenvalue weighted by atomic mass is 35.5. The second-order valence-corrected chi connectivity index (χ2v) is 11.4. The summed E-state index contributed by atoms with van der Waals surface area (Å²) < 4.78 is 0. The molecule has 4 nitrogen and oxygen atoms in total. The molecule has 196 valence electrons. The second-order valence-electron chi connectivity index (χ2n) is 9.98. The van der Waals surface area contributed by atoms with Gasteiger partial charge >= 0.3 is 0 Å². The van der Waals surface area contributed by atoms with Gasteiger partial charge in [-0.25, -0.2) is 0 Å². The van der Waals surface area contributed by atoms with Crippen molar-refractivity contribution in [1.82, 2.24) is 10.2 Å². The minimum atomic E-state index is -0.619. The number of nitrogens with zero attached hydrogens (tertiary/aromatic N) is 1. The number of nitrogens with one attached hydrogen (secondary N) is 1. The van der Waals surface area contributed by atoms with E-state index in [0.29, 0.717) is 36.2 Å². The minimum absolute atomic E-state index is 0.0510. The van der Waals surface area contributed by atoms with E-state index >= 15 is 0 Å². The van der Waals surface area contributed by atoms with Crippen molar-refractivity contribution in [3.8, 4) is 0 Å². The standard InChI is InChI=1S/C31H37ClN2O2S/c1-22(2)18-33-31(36)29(17-25-8-6-5-7-9-25)34(19-26-10-12-28(32)13-11-26)30(35)21-37-20-27-15-23(3)14-24(4)16-27/h5-16,22,29H,17-21H2,1-4H3,(H,33,36). The molecule has 0 saturated carbocycles. The van der Waals surface area contributed by atoms with Gasteiger partial charge < -0.3 is 10.2 Å². The highest BCUT2D eigenvalue weighted by molar-refractivity contribution is 7.99. The summed E-state index contributed by atoms with van der Waals surface area (Å²) >= 11 is 7.69. The molecule has 6 heteroatoms. The third-order valence-corrected chi connectivity index (χ3v) is 7.24. The molecule has 1 atom stereocenters. The number of aryl methyl sites for hydroxylation is 2. The van der Waals surface area contributed by atoms with E-state index in [0.717, 1.165) is 16.9 Å². The van der Waals surface area contributed by atoms with Gasteiger partial charge in [0.15, 0.2) is 0 Å². The van der Waals surface area contributed by atoms with Crippen molar-refractivity contribution < 1.29 is 9.59 Å². The predicted octanol–water partition coefficient (Wildman–Crippen LogP) is 6.60. The summed E-state index contributed by atoms with van der Waals surface area (Å²) in [6, 6.07) is 23.2. The van der Waals surface area contributed by atoms with E-state index < -0.39 is 6.04 Å². The number of rotatable bonds is 12. The van der Waals surface area contributed by atoms with Gasteiger partial charge in [0.25, 0.3) is 0 Å². The van der Waals surface area contributed by atoms with Crippen LogP contribution in [-0.2, 0) is 28.3 Å². The average molecular weight is 537 g/mol. The quantitative estimate of drug-likeness (QED) is 0.283. The summed E-state index contributed by atoms with van der Waals surface area (Å²) in [6.07, 6.45) is 0.450. The molecule has 0 spiro atoms. The van der Waals surface area contributed by atoms with Crippen LogP contribution < -0.4 is 5.32 Å². The number of amides is 2. The SMILES string of the molecule is Cc1cc(C)cc(CSCC(=O)N(Cc2ccc(Cl)cc2)C(Cc2ccccc2)C(=O)NCC(C)C)c1. The Morgan fingerprint density at radius 1 is 0.892 bits per heavy atom.